The van der Waals surface area contributed by atoms with E-state index in [1.165, 1.54) is 11.8 Å². The summed E-state index contributed by atoms with van der Waals surface area (Å²) in [6.45, 7) is 3.36. The number of furan rings is 1. The third-order valence-electron chi connectivity index (χ3n) is 5.63. The number of pyridine rings is 1. The van der Waals surface area contributed by atoms with Gasteiger partial charge in [0.1, 0.15) is 5.82 Å². The molecule has 5 rings (SSSR count). The lowest BCUT2D eigenvalue weighted by molar-refractivity contribution is -0.128. The van der Waals surface area contributed by atoms with E-state index in [0.717, 1.165) is 24.5 Å². The molecule has 0 bridgehead atoms. The first-order chi connectivity index (χ1) is 16.7. The maximum Gasteiger partial charge on any atom is 0.233 e. The third-order valence-corrected chi connectivity index (χ3v) is 6.81. The van der Waals surface area contributed by atoms with E-state index in [1.807, 2.05) is 51.9 Å². The maximum absolute atomic E-state index is 12.9. The van der Waals surface area contributed by atoms with Crippen LogP contribution in [0.15, 0.2) is 76.6 Å². The first-order valence-electron chi connectivity index (χ1n) is 11.0. The zero-order chi connectivity index (χ0) is 23.3. The molecule has 4 aromatic rings. The summed E-state index contributed by atoms with van der Waals surface area (Å²) < 4.78 is 7.56. The van der Waals surface area contributed by atoms with Crippen molar-refractivity contribution < 1.29 is 9.21 Å². The van der Waals surface area contributed by atoms with E-state index in [9.17, 15) is 4.79 Å². The van der Waals surface area contributed by atoms with Gasteiger partial charge in [0, 0.05) is 32.4 Å². The van der Waals surface area contributed by atoms with Gasteiger partial charge in [0.25, 0.3) is 0 Å². The first kappa shape index (κ1) is 22.5. The van der Waals surface area contributed by atoms with Crippen molar-refractivity contribution in [2.24, 2.45) is 0 Å². The van der Waals surface area contributed by atoms with Crippen molar-refractivity contribution in [3.8, 4) is 11.6 Å². The lowest BCUT2D eigenvalue weighted by Crippen LogP contribution is -2.49. The van der Waals surface area contributed by atoms with Crippen LogP contribution < -0.4 is 4.90 Å². The largest absolute Gasteiger partial charge is 0.461 e. The molecule has 3 aromatic heterocycles. The maximum atomic E-state index is 12.9. The number of amides is 1. The van der Waals surface area contributed by atoms with E-state index < -0.39 is 0 Å². The third kappa shape index (κ3) is 5.10. The fraction of sp³-hybridized carbons (Fsp3) is 0.250. The van der Waals surface area contributed by atoms with Crippen molar-refractivity contribution in [3.63, 3.8) is 0 Å². The van der Waals surface area contributed by atoms with Crippen molar-refractivity contribution >= 4 is 35.1 Å². The predicted molar refractivity (Wildman–Crippen MR) is 132 cm³/mol. The molecule has 0 spiro atoms. The molecule has 0 radical (unpaired) electrons. The predicted octanol–water partition coefficient (Wildman–Crippen LogP) is 4.08. The fourth-order valence-corrected chi connectivity index (χ4v) is 4.80. The summed E-state index contributed by atoms with van der Waals surface area (Å²) in [4.78, 5) is 21.4. The normalized spacial score (nSPS) is 13.9. The lowest BCUT2D eigenvalue weighted by Gasteiger charge is -2.35. The van der Waals surface area contributed by atoms with Gasteiger partial charge in [0.2, 0.25) is 11.7 Å². The Bertz CT molecular complexity index is 1220. The number of hydrogen-bond acceptors (Lipinski definition) is 7. The molecule has 1 saturated heterocycles. The van der Waals surface area contributed by atoms with Gasteiger partial charge in [-0.1, -0.05) is 53.7 Å². The van der Waals surface area contributed by atoms with Crippen molar-refractivity contribution in [2.45, 2.75) is 11.7 Å². The number of rotatable bonds is 7. The summed E-state index contributed by atoms with van der Waals surface area (Å²) in [5, 5.41) is 10.0. The van der Waals surface area contributed by atoms with E-state index in [2.05, 4.69) is 32.2 Å². The molecule has 1 aliphatic rings. The summed E-state index contributed by atoms with van der Waals surface area (Å²) >= 11 is 7.34. The molecule has 0 N–H and O–H groups in total. The molecule has 1 aliphatic heterocycles. The van der Waals surface area contributed by atoms with Crippen molar-refractivity contribution in [1.29, 1.82) is 0 Å². The van der Waals surface area contributed by atoms with E-state index in [0.29, 0.717) is 47.2 Å². The molecule has 0 atom stereocenters. The average Bonchev–Trinajstić information content (AvgIpc) is 3.54. The molecule has 4 heterocycles. The highest BCUT2D eigenvalue weighted by atomic mass is 35.5. The van der Waals surface area contributed by atoms with Gasteiger partial charge in [-0.15, -0.1) is 10.2 Å². The molecular formula is C24H23ClN6O2S. The Balaban J connectivity index is 1.23. The minimum Gasteiger partial charge on any atom is -0.461 e. The number of halogens is 1. The van der Waals surface area contributed by atoms with Gasteiger partial charge < -0.3 is 14.2 Å². The first-order valence-corrected chi connectivity index (χ1v) is 12.3. The van der Waals surface area contributed by atoms with Crippen LogP contribution in [0.1, 0.15) is 5.56 Å². The molecule has 8 nitrogen and oxygen atoms in total. The van der Waals surface area contributed by atoms with Crippen LogP contribution in [0.2, 0.25) is 5.02 Å². The van der Waals surface area contributed by atoms with Crippen LogP contribution >= 0.6 is 23.4 Å². The van der Waals surface area contributed by atoms with E-state index in [4.69, 9.17) is 16.0 Å². The number of anilines is 1. The average molecular weight is 495 g/mol. The Morgan fingerprint density at radius 1 is 1.00 bits per heavy atom. The second kappa shape index (κ2) is 10.3. The Labute approximate surface area is 206 Å². The molecule has 0 unspecified atom stereocenters. The van der Waals surface area contributed by atoms with Gasteiger partial charge in [-0.2, -0.15) is 0 Å². The minimum absolute atomic E-state index is 0.0857. The summed E-state index contributed by atoms with van der Waals surface area (Å²) in [6, 6.07) is 17.5. The van der Waals surface area contributed by atoms with Gasteiger partial charge in [0.15, 0.2) is 10.9 Å². The van der Waals surface area contributed by atoms with Crippen LogP contribution in [0, 0.1) is 0 Å². The topological polar surface area (TPSA) is 80.3 Å². The monoisotopic (exact) mass is 494 g/mol. The smallest absolute Gasteiger partial charge is 0.233 e. The number of hydrogen-bond donors (Lipinski definition) is 0. The second-order valence-electron chi connectivity index (χ2n) is 7.85. The van der Waals surface area contributed by atoms with Crippen LogP contribution in [0.5, 0.6) is 0 Å². The Kier molecular flexibility index (Phi) is 6.82. The molecular weight excluding hydrogens is 472 g/mol. The van der Waals surface area contributed by atoms with Gasteiger partial charge in [-0.05, 0) is 29.8 Å². The van der Waals surface area contributed by atoms with Crippen molar-refractivity contribution in [3.05, 3.63) is 77.6 Å². The second-order valence-corrected chi connectivity index (χ2v) is 9.23. The van der Waals surface area contributed by atoms with Crippen molar-refractivity contribution in [1.82, 2.24) is 24.6 Å². The van der Waals surface area contributed by atoms with Crippen molar-refractivity contribution in [2.75, 3.05) is 36.8 Å². The number of benzene rings is 1. The van der Waals surface area contributed by atoms with E-state index in [-0.39, 0.29) is 5.91 Å². The number of carbonyl (C=O) groups is 1. The lowest BCUT2D eigenvalue weighted by atomic mass is 10.2. The Morgan fingerprint density at radius 2 is 1.82 bits per heavy atom. The highest BCUT2D eigenvalue weighted by Crippen LogP contribution is 2.26. The van der Waals surface area contributed by atoms with Gasteiger partial charge >= 0.3 is 0 Å². The zero-order valence-electron chi connectivity index (χ0n) is 18.4. The van der Waals surface area contributed by atoms with E-state index in [1.54, 1.807) is 12.5 Å². The van der Waals surface area contributed by atoms with Gasteiger partial charge in [-0.3, -0.25) is 9.36 Å². The minimum atomic E-state index is 0.0857. The van der Waals surface area contributed by atoms with Gasteiger partial charge in [-0.25, -0.2) is 4.98 Å². The number of carbonyl (C=O) groups excluding carboxylic acids is 1. The quantitative estimate of drug-likeness (QED) is 0.358. The molecule has 1 aromatic carbocycles. The number of aromatic nitrogens is 4. The number of thioether (sulfide) groups is 1. The molecule has 10 heteroatoms. The molecule has 0 saturated carbocycles. The number of piperazine rings is 1. The molecule has 1 amide bonds. The van der Waals surface area contributed by atoms with Crippen LogP contribution in [0.4, 0.5) is 5.82 Å². The van der Waals surface area contributed by atoms with Crippen LogP contribution in [-0.4, -0.2) is 62.5 Å². The summed E-state index contributed by atoms with van der Waals surface area (Å²) in [5.41, 5.74) is 1.12. The highest BCUT2D eigenvalue weighted by molar-refractivity contribution is 7.99. The molecule has 174 valence electrons. The molecule has 1 fully saturated rings. The Morgan fingerprint density at radius 3 is 2.53 bits per heavy atom. The zero-order valence-corrected chi connectivity index (χ0v) is 20.0. The van der Waals surface area contributed by atoms with E-state index >= 15 is 0 Å². The Hall–Kier alpha value is -3.30. The summed E-state index contributed by atoms with van der Waals surface area (Å²) in [6.07, 6.45) is 3.26. The van der Waals surface area contributed by atoms with Crippen LogP contribution in [-0.2, 0) is 11.3 Å². The standard InChI is InChI=1S/C24H23ClN6O2S/c25-19-8-9-21(26-15-19)29-10-12-30(13-11-29)22(32)17-34-24-28-27-23(20-7-4-14-33-20)31(24)16-18-5-2-1-3-6-18/h1-9,14-15H,10-13,16-17H2. The molecule has 0 aliphatic carbocycles. The van der Waals surface area contributed by atoms with Crippen LogP contribution in [0.25, 0.3) is 11.6 Å². The summed E-state index contributed by atoms with van der Waals surface area (Å²) in [5.74, 6) is 2.55. The van der Waals surface area contributed by atoms with Crippen LogP contribution in [0.3, 0.4) is 0 Å². The fourth-order valence-electron chi connectivity index (χ4n) is 3.85. The SMILES string of the molecule is O=C(CSc1nnc(-c2ccco2)n1Cc1ccccc1)N1CCN(c2ccc(Cl)cn2)CC1. The van der Waals surface area contributed by atoms with Gasteiger partial charge in [0.05, 0.1) is 23.6 Å². The summed E-state index contributed by atoms with van der Waals surface area (Å²) in [7, 11) is 0. The number of nitrogens with zero attached hydrogens (tertiary/aromatic N) is 6. The molecule has 34 heavy (non-hydrogen) atoms. The highest BCUT2D eigenvalue weighted by Gasteiger charge is 2.23.